The Hall–Kier alpha value is -3.24. The number of nitrogens with one attached hydrogen (secondary N) is 1. The number of methoxy groups -OCH3 is 1. The van der Waals surface area contributed by atoms with Crippen LogP contribution in [0.25, 0.3) is 5.69 Å². The van der Waals surface area contributed by atoms with Gasteiger partial charge in [-0.15, -0.1) is 0 Å². The number of carbonyl (C=O) groups is 1. The molecule has 3 rings (SSSR count). The molecule has 0 spiro atoms. The standard InChI is InChI=1S/C19H19FN4O4S/c1-23(2)29(26,27)15-8-9-18(28-3)16(10-15)22-19(25)17-11-21-12-24(17)14-6-4-13(20)5-7-14/h4-12H,1-3H3,(H,22,25). The molecule has 3 aromatic rings. The summed E-state index contributed by atoms with van der Waals surface area (Å²) in [6.45, 7) is 0. The Morgan fingerprint density at radius 1 is 1.17 bits per heavy atom. The number of hydrogen-bond donors (Lipinski definition) is 1. The van der Waals surface area contributed by atoms with Crippen LogP contribution >= 0.6 is 0 Å². The monoisotopic (exact) mass is 418 g/mol. The number of aromatic nitrogens is 2. The van der Waals surface area contributed by atoms with Gasteiger partial charge in [0.2, 0.25) is 10.0 Å². The molecular formula is C19H19FN4O4S. The van der Waals surface area contributed by atoms with E-state index in [4.69, 9.17) is 4.74 Å². The maximum Gasteiger partial charge on any atom is 0.274 e. The third-order valence-electron chi connectivity index (χ3n) is 4.17. The highest BCUT2D eigenvalue weighted by Gasteiger charge is 2.21. The van der Waals surface area contributed by atoms with E-state index in [2.05, 4.69) is 10.3 Å². The number of rotatable bonds is 6. The molecule has 1 N–H and O–H groups in total. The van der Waals surface area contributed by atoms with Gasteiger partial charge in [0.25, 0.3) is 5.91 Å². The van der Waals surface area contributed by atoms with Gasteiger partial charge in [-0.05, 0) is 42.5 Å². The fourth-order valence-electron chi connectivity index (χ4n) is 2.61. The average Bonchev–Trinajstić information content (AvgIpc) is 3.18. The van der Waals surface area contributed by atoms with Crippen molar-refractivity contribution in [1.29, 1.82) is 0 Å². The van der Waals surface area contributed by atoms with Gasteiger partial charge < -0.3 is 10.1 Å². The van der Waals surface area contributed by atoms with Crippen molar-refractivity contribution in [3.05, 3.63) is 66.5 Å². The number of benzene rings is 2. The zero-order chi connectivity index (χ0) is 21.2. The fourth-order valence-corrected chi connectivity index (χ4v) is 3.54. The molecule has 1 aromatic heterocycles. The first-order valence-corrected chi connectivity index (χ1v) is 9.88. The number of halogens is 1. The van der Waals surface area contributed by atoms with Crippen LogP contribution in [0.5, 0.6) is 5.75 Å². The van der Waals surface area contributed by atoms with Gasteiger partial charge in [0.1, 0.15) is 17.3 Å². The average molecular weight is 418 g/mol. The summed E-state index contributed by atoms with van der Waals surface area (Å²) in [5.41, 5.74) is 0.914. The van der Waals surface area contributed by atoms with Gasteiger partial charge >= 0.3 is 0 Å². The molecule has 0 bridgehead atoms. The minimum Gasteiger partial charge on any atom is -0.495 e. The molecule has 0 unspecified atom stereocenters. The van der Waals surface area contributed by atoms with Gasteiger partial charge in [-0.3, -0.25) is 9.36 Å². The van der Waals surface area contributed by atoms with Crippen molar-refractivity contribution in [3.63, 3.8) is 0 Å². The van der Waals surface area contributed by atoms with Crippen LogP contribution in [0.3, 0.4) is 0 Å². The first kappa shape index (κ1) is 20.5. The predicted molar refractivity (Wildman–Crippen MR) is 105 cm³/mol. The fraction of sp³-hybridized carbons (Fsp3) is 0.158. The maximum atomic E-state index is 13.2. The third kappa shape index (κ3) is 4.13. The quantitative estimate of drug-likeness (QED) is 0.664. The number of carbonyl (C=O) groups excluding carboxylic acids is 1. The van der Waals surface area contributed by atoms with Crippen LogP contribution in [-0.2, 0) is 10.0 Å². The topological polar surface area (TPSA) is 93.5 Å². The van der Waals surface area contributed by atoms with Crippen LogP contribution < -0.4 is 10.1 Å². The number of nitrogens with zero attached hydrogens (tertiary/aromatic N) is 3. The minimum atomic E-state index is -3.70. The van der Waals surface area contributed by atoms with Crippen molar-refractivity contribution in [1.82, 2.24) is 13.9 Å². The normalized spacial score (nSPS) is 11.5. The molecule has 0 aliphatic rings. The van der Waals surface area contributed by atoms with Crippen molar-refractivity contribution >= 4 is 21.6 Å². The Labute approximate surface area is 167 Å². The summed E-state index contributed by atoms with van der Waals surface area (Å²) in [5.74, 6) is -0.642. The Bertz CT molecular complexity index is 1140. The second-order valence-electron chi connectivity index (χ2n) is 6.23. The molecule has 29 heavy (non-hydrogen) atoms. The molecule has 0 aliphatic carbocycles. The van der Waals surface area contributed by atoms with Gasteiger partial charge in [0.05, 0.1) is 30.2 Å². The number of ether oxygens (including phenoxy) is 1. The molecule has 0 atom stereocenters. The Morgan fingerprint density at radius 2 is 1.86 bits per heavy atom. The van der Waals surface area contributed by atoms with Crippen LogP contribution in [0.4, 0.5) is 10.1 Å². The lowest BCUT2D eigenvalue weighted by atomic mass is 10.2. The highest BCUT2D eigenvalue weighted by atomic mass is 32.2. The SMILES string of the molecule is COc1ccc(S(=O)(=O)N(C)C)cc1NC(=O)c1cncn1-c1ccc(F)cc1. The van der Waals surface area contributed by atoms with E-state index in [0.717, 1.165) is 4.31 Å². The lowest BCUT2D eigenvalue weighted by Crippen LogP contribution is -2.22. The number of imidazole rings is 1. The lowest BCUT2D eigenvalue weighted by Gasteiger charge is -2.15. The smallest absolute Gasteiger partial charge is 0.274 e. The lowest BCUT2D eigenvalue weighted by molar-refractivity contribution is 0.102. The van der Waals surface area contributed by atoms with E-state index in [1.807, 2.05) is 0 Å². The van der Waals surface area contributed by atoms with Crippen LogP contribution in [0.1, 0.15) is 10.5 Å². The zero-order valence-corrected chi connectivity index (χ0v) is 16.8. The summed E-state index contributed by atoms with van der Waals surface area (Å²) < 4.78 is 45.8. The molecule has 152 valence electrons. The van der Waals surface area contributed by atoms with Gasteiger partial charge in [-0.25, -0.2) is 22.1 Å². The van der Waals surface area contributed by atoms with E-state index >= 15 is 0 Å². The largest absolute Gasteiger partial charge is 0.495 e. The van der Waals surface area contributed by atoms with Gasteiger partial charge in [0, 0.05) is 19.8 Å². The Kier molecular flexibility index (Phi) is 5.66. The van der Waals surface area contributed by atoms with Crippen LogP contribution in [-0.4, -0.2) is 49.4 Å². The van der Waals surface area contributed by atoms with Crippen LogP contribution in [0.2, 0.25) is 0 Å². The van der Waals surface area contributed by atoms with E-state index in [1.165, 1.54) is 80.8 Å². The molecule has 0 radical (unpaired) electrons. The molecule has 1 heterocycles. The first-order valence-electron chi connectivity index (χ1n) is 8.44. The summed E-state index contributed by atoms with van der Waals surface area (Å²) in [7, 11) is 0.546. The van der Waals surface area contributed by atoms with Crippen molar-refractivity contribution < 1.29 is 22.3 Å². The number of anilines is 1. The first-order chi connectivity index (χ1) is 13.7. The summed E-state index contributed by atoms with van der Waals surface area (Å²) >= 11 is 0. The van der Waals surface area contributed by atoms with E-state index in [0.29, 0.717) is 11.4 Å². The minimum absolute atomic E-state index is 0.00522. The van der Waals surface area contributed by atoms with E-state index < -0.39 is 21.7 Å². The molecular weight excluding hydrogens is 399 g/mol. The van der Waals surface area contributed by atoms with Gasteiger partial charge in [-0.2, -0.15) is 0 Å². The summed E-state index contributed by atoms with van der Waals surface area (Å²) in [6.07, 6.45) is 2.78. The van der Waals surface area contributed by atoms with Crippen molar-refractivity contribution in [2.45, 2.75) is 4.90 Å². The van der Waals surface area contributed by atoms with Gasteiger partial charge in [0.15, 0.2) is 0 Å². The Morgan fingerprint density at radius 3 is 2.48 bits per heavy atom. The molecule has 8 nitrogen and oxygen atoms in total. The summed E-state index contributed by atoms with van der Waals surface area (Å²) in [5, 5.41) is 2.66. The number of hydrogen-bond acceptors (Lipinski definition) is 5. The van der Waals surface area contributed by atoms with E-state index in [1.54, 1.807) is 0 Å². The Balaban J connectivity index is 1.96. The molecule has 1 amide bonds. The highest BCUT2D eigenvalue weighted by Crippen LogP contribution is 2.29. The molecule has 0 fully saturated rings. The highest BCUT2D eigenvalue weighted by molar-refractivity contribution is 7.89. The molecule has 0 saturated carbocycles. The van der Waals surface area contributed by atoms with Gasteiger partial charge in [-0.1, -0.05) is 0 Å². The number of amides is 1. The predicted octanol–water partition coefficient (Wildman–Crippen LogP) is 2.52. The van der Waals surface area contributed by atoms with E-state index in [9.17, 15) is 17.6 Å². The molecule has 0 aliphatic heterocycles. The molecule has 0 saturated heterocycles. The summed E-state index contributed by atoms with van der Waals surface area (Å²) in [4.78, 5) is 16.8. The van der Waals surface area contributed by atoms with E-state index in [-0.39, 0.29) is 16.3 Å². The van der Waals surface area contributed by atoms with Crippen molar-refractivity contribution in [2.75, 3.05) is 26.5 Å². The third-order valence-corrected chi connectivity index (χ3v) is 5.98. The summed E-state index contributed by atoms with van der Waals surface area (Å²) in [6, 6.07) is 9.75. The van der Waals surface area contributed by atoms with Crippen molar-refractivity contribution in [3.8, 4) is 11.4 Å². The second kappa shape index (κ2) is 8.02. The second-order valence-corrected chi connectivity index (χ2v) is 8.38. The molecule has 2 aromatic carbocycles. The molecule has 10 heteroatoms. The van der Waals surface area contributed by atoms with Crippen molar-refractivity contribution in [2.24, 2.45) is 0 Å². The van der Waals surface area contributed by atoms with Crippen LogP contribution in [0, 0.1) is 5.82 Å². The zero-order valence-electron chi connectivity index (χ0n) is 16.0. The van der Waals surface area contributed by atoms with Crippen LogP contribution in [0.15, 0.2) is 59.9 Å². The maximum absolute atomic E-state index is 13.2. The number of sulfonamides is 1.